The number of alkyl halides is 2. The molecule has 2 amide bonds. The minimum Gasteiger partial charge on any atom is -0.435 e. The maximum Gasteiger partial charge on any atom is 0.387 e. The molecule has 0 fully saturated rings. The molecule has 12 heteroatoms. The van der Waals surface area contributed by atoms with Gasteiger partial charge in [0.05, 0.1) is 11.9 Å². The van der Waals surface area contributed by atoms with Gasteiger partial charge in [-0.2, -0.15) is 8.78 Å². The summed E-state index contributed by atoms with van der Waals surface area (Å²) in [6, 6.07) is 1.98. The highest BCUT2D eigenvalue weighted by molar-refractivity contribution is 7.94. The Kier molecular flexibility index (Phi) is 7.22. The molecule has 0 saturated carbocycles. The summed E-state index contributed by atoms with van der Waals surface area (Å²) in [5, 5.41) is 13.2. The molecule has 1 aliphatic rings. The zero-order chi connectivity index (χ0) is 24.6. The molecule has 3 N–H and O–H groups in total. The summed E-state index contributed by atoms with van der Waals surface area (Å²) in [5.74, 6) is -0.725. The first-order chi connectivity index (χ1) is 15.3. The Morgan fingerprint density at radius 1 is 1.39 bits per heavy atom. The number of urea groups is 1. The molecule has 2 heterocycles. The monoisotopic (exact) mass is 500 g/mol. The number of nitrogens with one attached hydrogen (secondary N) is 2. The second-order valence-electron chi connectivity index (χ2n) is 8.29. The second-order valence-corrected chi connectivity index (χ2v) is 11.5. The van der Waals surface area contributed by atoms with Gasteiger partial charge in [0, 0.05) is 12.5 Å². The molecule has 0 bridgehead atoms. The van der Waals surface area contributed by atoms with E-state index in [2.05, 4.69) is 30.7 Å². The molecule has 33 heavy (non-hydrogen) atoms. The molecular formula is C21H26F2N4O4S2. The summed E-state index contributed by atoms with van der Waals surface area (Å²) in [5.41, 5.74) is 0.173. The maximum absolute atomic E-state index is 13.7. The number of aliphatic hydroxyl groups is 1. The van der Waals surface area contributed by atoms with Gasteiger partial charge in [0.15, 0.2) is 9.92 Å². The van der Waals surface area contributed by atoms with Crippen LogP contribution in [0.1, 0.15) is 55.7 Å². The lowest BCUT2D eigenvalue weighted by Gasteiger charge is -2.22. The van der Waals surface area contributed by atoms with Gasteiger partial charge in [0.1, 0.15) is 20.6 Å². The number of benzene rings is 1. The van der Waals surface area contributed by atoms with Crippen molar-refractivity contribution in [3.63, 3.8) is 0 Å². The van der Waals surface area contributed by atoms with E-state index in [-0.39, 0.29) is 22.4 Å². The highest BCUT2D eigenvalue weighted by Crippen LogP contribution is 2.38. The van der Waals surface area contributed by atoms with Crippen molar-refractivity contribution in [1.29, 1.82) is 0 Å². The van der Waals surface area contributed by atoms with Crippen LogP contribution >= 0.6 is 11.3 Å². The van der Waals surface area contributed by atoms with Crippen LogP contribution in [0, 0.1) is 0 Å². The van der Waals surface area contributed by atoms with Crippen LogP contribution in [0.3, 0.4) is 0 Å². The third-order valence-electron chi connectivity index (χ3n) is 4.93. The number of carbonyl (C=O) groups excluding carboxylic acids is 1. The Hall–Kier alpha value is -2.41. The molecule has 1 aromatic heterocycles. The number of fused-ring (bicyclic) bond motifs is 1. The van der Waals surface area contributed by atoms with E-state index in [1.54, 1.807) is 19.9 Å². The largest absolute Gasteiger partial charge is 0.435 e. The first kappa shape index (κ1) is 25.2. The van der Waals surface area contributed by atoms with E-state index in [0.29, 0.717) is 21.8 Å². The average Bonchev–Trinajstić information content (AvgIpc) is 3.21. The van der Waals surface area contributed by atoms with Crippen LogP contribution in [0.15, 0.2) is 39.6 Å². The fourth-order valence-electron chi connectivity index (χ4n) is 3.31. The lowest BCUT2D eigenvalue weighted by Crippen LogP contribution is -2.27. The first-order valence-corrected chi connectivity index (χ1v) is 12.4. The standard InChI is InChI=1S/C21H26F2N4O4S2/c1-6-12-9-25-33(30,16-10-24-18(32-16)21(4,5)29)27-20(28)26-17-14(11(2)3)7-13(8-15(12)17)31-19(22)23/h6-8,10-12,19,29H,1,9H2,2-5H3,(H2,25,26,27,28,30). The molecule has 3 rings (SSSR count). The van der Waals surface area contributed by atoms with Crippen molar-refractivity contribution in [2.45, 2.75) is 56.0 Å². The van der Waals surface area contributed by atoms with Crippen LogP contribution < -0.4 is 14.8 Å². The summed E-state index contributed by atoms with van der Waals surface area (Å²) >= 11 is 0.978. The number of hydrogen-bond donors (Lipinski definition) is 3. The molecule has 2 unspecified atom stereocenters. The van der Waals surface area contributed by atoms with Crippen molar-refractivity contribution < 1.29 is 27.6 Å². The van der Waals surface area contributed by atoms with Crippen molar-refractivity contribution in [1.82, 2.24) is 9.71 Å². The van der Waals surface area contributed by atoms with E-state index in [4.69, 9.17) is 0 Å². The summed E-state index contributed by atoms with van der Waals surface area (Å²) in [6.45, 7) is 7.62. The zero-order valence-electron chi connectivity index (χ0n) is 18.6. The number of thiazole rings is 1. The fraction of sp³-hybridized carbons (Fsp3) is 0.429. The smallest absolute Gasteiger partial charge is 0.387 e. The van der Waals surface area contributed by atoms with Gasteiger partial charge in [-0.25, -0.2) is 18.7 Å². The van der Waals surface area contributed by atoms with Crippen molar-refractivity contribution >= 4 is 33.0 Å². The third-order valence-corrected chi connectivity index (χ3v) is 8.59. The number of rotatable bonds is 6. The Balaban J connectivity index is 2.13. The normalized spacial score (nSPS) is 21.5. The number of anilines is 1. The van der Waals surface area contributed by atoms with E-state index >= 15 is 0 Å². The fourth-order valence-corrected chi connectivity index (χ4v) is 6.12. The molecule has 2 atom stereocenters. The van der Waals surface area contributed by atoms with Crippen LogP contribution in [-0.4, -0.2) is 33.5 Å². The first-order valence-electron chi connectivity index (χ1n) is 10.1. The Morgan fingerprint density at radius 3 is 2.64 bits per heavy atom. The van der Waals surface area contributed by atoms with Crippen LogP contribution in [0.2, 0.25) is 0 Å². The lowest BCUT2D eigenvalue weighted by molar-refractivity contribution is -0.0499. The molecule has 0 spiro atoms. The molecule has 8 nitrogen and oxygen atoms in total. The topological polar surface area (TPSA) is 113 Å². The van der Waals surface area contributed by atoms with Gasteiger partial charge >= 0.3 is 12.6 Å². The van der Waals surface area contributed by atoms with Gasteiger partial charge < -0.3 is 15.2 Å². The molecule has 0 aliphatic carbocycles. The Morgan fingerprint density at radius 2 is 2.09 bits per heavy atom. The van der Waals surface area contributed by atoms with E-state index in [1.165, 1.54) is 18.3 Å². The Bertz CT molecular complexity index is 1180. The van der Waals surface area contributed by atoms with Crippen LogP contribution in [0.4, 0.5) is 19.3 Å². The van der Waals surface area contributed by atoms with Crippen molar-refractivity contribution in [2.75, 3.05) is 11.9 Å². The van der Waals surface area contributed by atoms with E-state index in [9.17, 15) is 22.9 Å². The number of ether oxygens (including phenoxy) is 1. The lowest BCUT2D eigenvalue weighted by atomic mass is 9.90. The number of hydrogen-bond acceptors (Lipinski definition) is 6. The number of aromatic nitrogens is 1. The van der Waals surface area contributed by atoms with Gasteiger partial charge in [0.2, 0.25) is 0 Å². The minimum absolute atomic E-state index is 0.0409. The second kappa shape index (κ2) is 9.45. The van der Waals surface area contributed by atoms with Crippen molar-refractivity contribution in [3.05, 3.63) is 47.1 Å². The van der Waals surface area contributed by atoms with Gasteiger partial charge in [0.25, 0.3) is 0 Å². The molecular weight excluding hydrogens is 474 g/mol. The molecule has 0 saturated heterocycles. The number of carbonyl (C=O) groups is 1. The van der Waals surface area contributed by atoms with E-state index < -0.39 is 34.1 Å². The highest BCUT2D eigenvalue weighted by atomic mass is 32.2. The average molecular weight is 501 g/mol. The van der Waals surface area contributed by atoms with Gasteiger partial charge in [-0.3, -0.25) is 0 Å². The quantitative estimate of drug-likeness (QED) is 0.486. The molecule has 1 aromatic carbocycles. The maximum atomic E-state index is 13.7. The van der Waals surface area contributed by atoms with Crippen molar-refractivity contribution in [3.8, 4) is 5.75 Å². The third kappa shape index (κ3) is 5.57. The van der Waals surface area contributed by atoms with Gasteiger partial charge in [-0.05, 0) is 43.0 Å². The molecule has 2 aromatic rings. The van der Waals surface area contributed by atoms with Crippen molar-refractivity contribution in [2.24, 2.45) is 4.36 Å². The minimum atomic E-state index is -3.45. The van der Waals surface area contributed by atoms with Crippen LogP contribution in [0.25, 0.3) is 0 Å². The number of halogens is 2. The SMILES string of the molecule is C=CC1CNS(=O)(c2cnc(C(C)(C)O)s2)=NC(=O)Nc2c(C(C)C)cc(OC(F)F)cc21. The summed E-state index contributed by atoms with van der Waals surface area (Å²) in [6.07, 6.45) is 2.88. The molecule has 0 radical (unpaired) electrons. The number of amides is 2. The van der Waals surface area contributed by atoms with Crippen LogP contribution in [-0.2, 0) is 15.5 Å². The van der Waals surface area contributed by atoms with E-state index in [0.717, 1.165) is 11.3 Å². The predicted molar refractivity (Wildman–Crippen MR) is 123 cm³/mol. The van der Waals surface area contributed by atoms with Crippen LogP contribution in [0.5, 0.6) is 5.75 Å². The Labute approximate surface area is 195 Å². The van der Waals surface area contributed by atoms with Gasteiger partial charge in [-0.1, -0.05) is 19.9 Å². The highest BCUT2D eigenvalue weighted by Gasteiger charge is 2.29. The number of nitrogens with zero attached hydrogens (tertiary/aromatic N) is 2. The van der Waals surface area contributed by atoms with Gasteiger partial charge in [-0.15, -0.1) is 22.3 Å². The predicted octanol–water partition coefficient (Wildman–Crippen LogP) is 4.94. The molecule has 180 valence electrons. The summed E-state index contributed by atoms with van der Waals surface area (Å²) < 4.78 is 51.1. The van der Waals surface area contributed by atoms with E-state index in [1.807, 2.05) is 13.8 Å². The summed E-state index contributed by atoms with van der Waals surface area (Å²) in [4.78, 5) is 17.0. The summed E-state index contributed by atoms with van der Waals surface area (Å²) in [7, 11) is -3.45. The zero-order valence-corrected chi connectivity index (χ0v) is 20.2. The molecule has 1 aliphatic heterocycles.